The second-order valence-electron chi connectivity index (χ2n) is 4.48. The van der Waals surface area contributed by atoms with E-state index in [1.807, 2.05) is 4.98 Å². The number of aromatic amines is 1. The van der Waals surface area contributed by atoms with E-state index in [0.717, 1.165) is 10.6 Å². The van der Waals surface area contributed by atoms with Crippen molar-refractivity contribution in [2.75, 3.05) is 11.9 Å². The molecule has 0 unspecified atom stereocenters. The Bertz CT molecular complexity index is 629. The summed E-state index contributed by atoms with van der Waals surface area (Å²) in [5.41, 5.74) is -1.33. The third-order valence-corrected chi connectivity index (χ3v) is 3.64. The van der Waals surface area contributed by atoms with Crippen LogP contribution in [0.3, 0.4) is 0 Å². The Labute approximate surface area is 126 Å². The molecule has 4 N–H and O–H groups in total. The van der Waals surface area contributed by atoms with Gasteiger partial charge in [-0.05, 0) is 0 Å². The molecule has 1 fully saturated rings. The van der Waals surface area contributed by atoms with Gasteiger partial charge in [-0.3, -0.25) is 19.1 Å². The number of hydrogen-bond acceptors (Lipinski definition) is 6. The Morgan fingerprint density at radius 3 is 2.81 bits per heavy atom. The summed E-state index contributed by atoms with van der Waals surface area (Å²) in [6.07, 6.45) is -2.06. The number of carbonyl (C=O) groups excluding carboxylic acids is 1. The molecule has 116 valence electrons. The number of carbonyl (C=O) groups is 1. The third kappa shape index (κ3) is 3.23. The first-order chi connectivity index (χ1) is 9.97. The van der Waals surface area contributed by atoms with Gasteiger partial charge < -0.3 is 20.3 Å². The van der Waals surface area contributed by atoms with Crippen molar-refractivity contribution in [3.05, 3.63) is 33.1 Å². The minimum absolute atomic E-state index is 0.0254. The Morgan fingerprint density at radius 2 is 2.24 bits per heavy atom. The zero-order valence-corrected chi connectivity index (χ0v) is 12.3. The van der Waals surface area contributed by atoms with E-state index in [9.17, 15) is 24.6 Å². The lowest BCUT2D eigenvalue weighted by Crippen LogP contribution is -2.49. The number of alkyl halides is 1. The molecule has 0 aromatic carbocycles. The number of ether oxygens (including phenoxy) is 1. The average Bonchev–Trinajstić information content (AvgIpc) is 2.76. The van der Waals surface area contributed by atoms with Gasteiger partial charge in [-0.2, -0.15) is 0 Å². The highest BCUT2D eigenvalue weighted by molar-refractivity contribution is 9.09. The molecule has 1 amide bonds. The summed E-state index contributed by atoms with van der Waals surface area (Å²) in [6, 6.07) is 0.236. The number of nitrogens with one attached hydrogen (secondary N) is 2. The molecule has 10 heteroatoms. The summed E-state index contributed by atoms with van der Waals surface area (Å²) >= 11 is 2.97. The number of aliphatic hydroxyl groups is 2. The van der Waals surface area contributed by atoms with Gasteiger partial charge >= 0.3 is 5.69 Å². The topological polar surface area (TPSA) is 134 Å². The smallest absolute Gasteiger partial charge is 0.330 e. The molecule has 2 heterocycles. The monoisotopic (exact) mass is 363 g/mol. The lowest BCUT2D eigenvalue weighted by molar-refractivity contribution is -0.120. The molecule has 2 rings (SSSR count). The van der Waals surface area contributed by atoms with E-state index in [0.29, 0.717) is 0 Å². The van der Waals surface area contributed by atoms with E-state index in [1.54, 1.807) is 0 Å². The van der Waals surface area contributed by atoms with Crippen LogP contribution >= 0.6 is 15.9 Å². The van der Waals surface area contributed by atoms with E-state index in [2.05, 4.69) is 21.2 Å². The van der Waals surface area contributed by atoms with Crippen LogP contribution < -0.4 is 16.6 Å². The molecule has 1 aromatic rings. The fourth-order valence-electron chi connectivity index (χ4n) is 2.16. The second kappa shape index (κ2) is 6.52. The molecule has 0 saturated carbocycles. The third-order valence-electron chi connectivity index (χ3n) is 3.13. The summed E-state index contributed by atoms with van der Waals surface area (Å²) in [6.45, 7) is -0.446. The maximum atomic E-state index is 11.7. The number of nitrogens with zero attached hydrogens (tertiary/aromatic N) is 1. The molecule has 0 radical (unpaired) electrons. The Hall–Kier alpha value is -1.49. The predicted octanol–water partition coefficient (Wildman–Crippen LogP) is -2.33. The van der Waals surface area contributed by atoms with Crippen molar-refractivity contribution < 1.29 is 19.7 Å². The minimum Gasteiger partial charge on any atom is -0.394 e. The van der Waals surface area contributed by atoms with E-state index < -0.39 is 48.2 Å². The highest BCUT2D eigenvalue weighted by Crippen LogP contribution is 2.28. The summed E-state index contributed by atoms with van der Waals surface area (Å²) in [7, 11) is 0. The SMILES string of the molecule is O=C(CBr)N[C@H]1[C@@H](O)[C@H](n2ccc(=O)[nH]c2=O)O[C@@H]1CO. The van der Waals surface area contributed by atoms with Crippen LogP contribution in [0.1, 0.15) is 6.23 Å². The molecule has 4 atom stereocenters. The van der Waals surface area contributed by atoms with Gasteiger partial charge in [0.2, 0.25) is 5.91 Å². The lowest BCUT2D eigenvalue weighted by atomic mass is 10.1. The van der Waals surface area contributed by atoms with Crippen molar-refractivity contribution >= 4 is 21.8 Å². The number of aromatic nitrogens is 2. The zero-order chi connectivity index (χ0) is 15.6. The average molecular weight is 364 g/mol. The van der Waals surface area contributed by atoms with Gasteiger partial charge in [-0.15, -0.1) is 0 Å². The molecular weight excluding hydrogens is 350 g/mol. The maximum absolute atomic E-state index is 11.7. The van der Waals surface area contributed by atoms with Gasteiger partial charge in [0, 0.05) is 12.3 Å². The van der Waals surface area contributed by atoms with Crippen LogP contribution in [0, 0.1) is 0 Å². The molecule has 0 bridgehead atoms. The predicted molar refractivity (Wildman–Crippen MR) is 74.1 cm³/mol. The van der Waals surface area contributed by atoms with E-state index in [-0.39, 0.29) is 5.33 Å². The quantitative estimate of drug-likeness (QED) is 0.443. The molecule has 1 aliphatic rings. The van der Waals surface area contributed by atoms with Crippen LogP contribution in [-0.2, 0) is 9.53 Å². The number of aliphatic hydroxyl groups excluding tert-OH is 2. The summed E-state index contributed by atoms with van der Waals surface area (Å²) in [5.74, 6) is -0.393. The minimum atomic E-state index is -1.26. The number of rotatable bonds is 4. The van der Waals surface area contributed by atoms with Crippen LogP contribution in [0.2, 0.25) is 0 Å². The van der Waals surface area contributed by atoms with Gasteiger partial charge in [0.1, 0.15) is 12.2 Å². The summed E-state index contributed by atoms with van der Waals surface area (Å²) in [4.78, 5) is 36.2. The van der Waals surface area contributed by atoms with Gasteiger partial charge in [0.05, 0.1) is 18.0 Å². The molecule has 1 aromatic heterocycles. The van der Waals surface area contributed by atoms with E-state index >= 15 is 0 Å². The fourth-order valence-corrected chi connectivity index (χ4v) is 2.32. The summed E-state index contributed by atoms with van der Waals surface area (Å²) in [5, 5.41) is 22.0. The Morgan fingerprint density at radius 1 is 1.52 bits per heavy atom. The number of H-pyrrole nitrogens is 1. The van der Waals surface area contributed by atoms with E-state index in [4.69, 9.17) is 4.74 Å². The van der Waals surface area contributed by atoms with Crippen LogP contribution in [0.15, 0.2) is 21.9 Å². The highest BCUT2D eigenvalue weighted by atomic mass is 79.9. The second-order valence-corrected chi connectivity index (χ2v) is 5.04. The van der Waals surface area contributed by atoms with Gasteiger partial charge in [0.15, 0.2) is 6.23 Å². The van der Waals surface area contributed by atoms with Crippen molar-refractivity contribution in [1.29, 1.82) is 0 Å². The lowest BCUT2D eigenvalue weighted by Gasteiger charge is -2.20. The first-order valence-corrected chi connectivity index (χ1v) is 7.21. The molecule has 1 aliphatic heterocycles. The van der Waals surface area contributed by atoms with Crippen molar-refractivity contribution in [3.8, 4) is 0 Å². The number of hydrogen-bond donors (Lipinski definition) is 4. The number of halogens is 1. The van der Waals surface area contributed by atoms with E-state index in [1.165, 1.54) is 6.20 Å². The Kier molecular flexibility index (Phi) is 4.93. The maximum Gasteiger partial charge on any atom is 0.330 e. The van der Waals surface area contributed by atoms with Crippen LogP contribution in [0.25, 0.3) is 0 Å². The standard InChI is InChI=1S/C11H14BrN3O6/c12-3-7(18)13-8-5(4-16)21-10(9(8)19)15-2-1-6(17)14-11(15)20/h1-2,5,8-10,16,19H,3-4H2,(H,13,18)(H,14,17,20)/t5-,8-,9-,10-/m1/s1. The zero-order valence-electron chi connectivity index (χ0n) is 10.7. The van der Waals surface area contributed by atoms with Crippen LogP contribution in [0.5, 0.6) is 0 Å². The van der Waals surface area contributed by atoms with Gasteiger partial charge in [-0.25, -0.2) is 4.79 Å². The fraction of sp³-hybridized carbons (Fsp3) is 0.545. The normalized spacial score (nSPS) is 28.5. The number of amides is 1. The molecule has 0 spiro atoms. The molecule has 9 nitrogen and oxygen atoms in total. The van der Waals surface area contributed by atoms with Crippen molar-refractivity contribution in [1.82, 2.24) is 14.9 Å². The van der Waals surface area contributed by atoms with Gasteiger partial charge in [0.25, 0.3) is 5.56 Å². The first-order valence-electron chi connectivity index (χ1n) is 6.09. The Balaban J connectivity index is 2.28. The largest absolute Gasteiger partial charge is 0.394 e. The summed E-state index contributed by atoms with van der Waals surface area (Å²) < 4.78 is 6.39. The molecular formula is C11H14BrN3O6. The molecule has 21 heavy (non-hydrogen) atoms. The van der Waals surface area contributed by atoms with Crippen LogP contribution in [-0.4, -0.2) is 55.9 Å². The highest BCUT2D eigenvalue weighted by Gasteiger charge is 2.45. The van der Waals surface area contributed by atoms with Crippen molar-refractivity contribution in [2.24, 2.45) is 0 Å². The van der Waals surface area contributed by atoms with Gasteiger partial charge in [-0.1, -0.05) is 15.9 Å². The van der Waals surface area contributed by atoms with Crippen molar-refractivity contribution in [2.45, 2.75) is 24.5 Å². The van der Waals surface area contributed by atoms with Crippen LogP contribution in [0.4, 0.5) is 0 Å². The first kappa shape index (κ1) is 15.9. The molecule has 0 aliphatic carbocycles. The van der Waals surface area contributed by atoms with Crippen molar-refractivity contribution in [3.63, 3.8) is 0 Å². The molecule has 1 saturated heterocycles.